The minimum atomic E-state index is -0.387. The molecule has 0 saturated carbocycles. The van der Waals surface area contributed by atoms with Crippen molar-refractivity contribution in [1.82, 2.24) is 25.7 Å². The van der Waals surface area contributed by atoms with E-state index in [2.05, 4.69) is 20.8 Å². The number of aromatic nitrogens is 2. The number of nitrogens with one attached hydrogen (secondary N) is 3. The number of thioether (sulfide) groups is 1. The standard InChI is InChI=1S/C22H23N5O3S/c28-19(11-13-27-12-3-6-20(27)29)25-26-21(30)16-9-7-15(8-10-16)14-31-22-23-17-4-1-2-5-18(17)24-22/h1-2,4-5,7-10H,3,6,11-14H2,(H,23,24)(H,25,28)(H,26,30). The molecule has 3 aromatic rings. The molecule has 1 aromatic heterocycles. The van der Waals surface area contributed by atoms with Crippen LogP contribution in [0.4, 0.5) is 0 Å². The molecule has 8 nitrogen and oxygen atoms in total. The zero-order valence-electron chi connectivity index (χ0n) is 16.9. The van der Waals surface area contributed by atoms with Crippen LogP contribution in [0.25, 0.3) is 11.0 Å². The lowest BCUT2D eigenvalue weighted by Crippen LogP contribution is -2.42. The van der Waals surface area contributed by atoms with Gasteiger partial charge in [-0.05, 0) is 36.2 Å². The molecule has 0 bridgehead atoms. The molecule has 3 N–H and O–H groups in total. The largest absolute Gasteiger partial charge is 0.342 e. The SMILES string of the molecule is O=C(CCN1CCCC1=O)NNC(=O)c1ccc(CSc2nc3ccccc3[nH]2)cc1. The molecular weight excluding hydrogens is 414 g/mol. The number of H-pyrrole nitrogens is 1. The zero-order chi connectivity index (χ0) is 21.6. The second kappa shape index (κ2) is 9.65. The fourth-order valence-corrected chi connectivity index (χ4v) is 4.18. The minimum absolute atomic E-state index is 0.0791. The van der Waals surface area contributed by atoms with Crippen molar-refractivity contribution < 1.29 is 14.4 Å². The van der Waals surface area contributed by atoms with Gasteiger partial charge in [0.25, 0.3) is 5.91 Å². The molecule has 1 fully saturated rings. The zero-order valence-corrected chi connectivity index (χ0v) is 17.7. The van der Waals surface area contributed by atoms with E-state index >= 15 is 0 Å². The Kier molecular flexibility index (Phi) is 6.51. The van der Waals surface area contributed by atoms with Crippen LogP contribution in [0, 0.1) is 0 Å². The van der Waals surface area contributed by atoms with Gasteiger partial charge in [-0.1, -0.05) is 36.0 Å². The Labute approximate surface area is 183 Å². The van der Waals surface area contributed by atoms with Crippen LogP contribution in [0.15, 0.2) is 53.7 Å². The lowest BCUT2D eigenvalue weighted by molar-refractivity contribution is -0.128. The second-order valence-corrected chi connectivity index (χ2v) is 8.25. The van der Waals surface area contributed by atoms with Gasteiger partial charge in [-0.15, -0.1) is 0 Å². The van der Waals surface area contributed by atoms with E-state index in [0.29, 0.717) is 30.8 Å². The van der Waals surface area contributed by atoms with Crippen molar-refractivity contribution in [3.05, 3.63) is 59.7 Å². The van der Waals surface area contributed by atoms with Gasteiger partial charge in [-0.2, -0.15) is 0 Å². The highest BCUT2D eigenvalue weighted by atomic mass is 32.2. The number of carbonyl (C=O) groups excluding carboxylic acids is 3. The summed E-state index contributed by atoms with van der Waals surface area (Å²) in [4.78, 5) is 45.2. The number of hydrogen-bond acceptors (Lipinski definition) is 5. The van der Waals surface area contributed by atoms with Gasteiger partial charge < -0.3 is 9.88 Å². The molecule has 1 saturated heterocycles. The highest BCUT2D eigenvalue weighted by molar-refractivity contribution is 7.98. The number of imidazole rings is 1. The Morgan fingerprint density at radius 2 is 1.90 bits per heavy atom. The molecule has 2 heterocycles. The third-order valence-corrected chi connectivity index (χ3v) is 6.00. The maximum absolute atomic E-state index is 12.2. The average molecular weight is 438 g/mol. The number of likely N-dealkylation sites (tertiary alicyclic amines) is 1. The van der Waals surface area contributed by atoms with Gasteiger partial charge in [0.15, 0.2) is 5.16 Å². The summed E-state index contributed by atoms with van der Waals surface area (Å²) >= 11 is 1.59. The first-order chi connectivity index (χ1) is 15.1. The Morgan fingerprint density at radius 3 is 2.65 bits per heavy atom. The number of aromatic amines is 1. The van der Waals surface area contributed by atoms with Crippen LogP contribution in [0.2, 0.25) is 0 Å². The van der Waals surface area contributed by atoms with Crippen LogP contribution in [0.3, 0.4) is 0 Å². The average Bonchev–Trinajstić information content (AvgIpc) is 3.40. The Hall–Kier alpha value is -3.33. The predicted octanol–water partition coefficient (Wildman–Crippen LogP) is 2.63. The molecule has 0 radical (unpaired) electrons. The Balaban J connectivity index is 1.22. The topological polar surface area (TPSA) is 107 Å². The summed E-state index contributed by atoms with van der Waals surface area (Å²) in [6.45, 7) is 1.07. The van der Waals surface area contributed by atoms with Crippen LogP contribution >= 0.6 is 11.8 Å². The Bertz CT molecular complexity index is 1060. The van der Waals surface area contributed by atoms with Crippen LogP contribution in [0.1, 0.15) is 35.2 Å². The van der Waals surface area contributed by atoms with Gasteiger partial charge in [0.05, 0.1) is 11.0 Å². The van der Waals surface area contributed by atoms with Gasteiger partial charge in [0, 0.05) is 37.2 Å². The lowest BCUT2D eigenvalue weighted by atomic mass is 10.1. The van der Waals surface area contributed by atoms with Gasteiger partial charge in [-0.3, -0.25) is 25.2 Å². The summed E-state index contributed by atoms with van der Waals surface area (Å²) in [6, 6.07) is 15.1. The molecule has 1 aliphatic rings. The molecule has 9 heteroatoms. The molecule has 0 unspecified atom stereocenters. The molecule has 160 valence electrons. The van der Waals surface area contributed by atoms with E-state index < -0.39 is 0 Å². The first-order valence-electron chi connectivity index (χ1n) is 10.1. The third kappa shape index (κ3) is 5.43. The quantitative estimate of drug-likeness (QED) is 0.389. The highest BCUT2D eigenvalue weighted by Gasteiger charge is 2.20. The first kappa shape index (κ1) is 20.9. The summed E-state index contributed by atoms with van der Waals surface area (Å²) in [7, 11) is 0. The van der Waals surface area contributed by atoms with Gasteiger partial charge >= 0.3 is 0 Å². The second-order valence-electron chi connectivity index (χ2n) is 7.28. The highest BCUT2D eigenvalue weighted by Crippen LogP contribution is 2.23. The number of amides is 3. The van der Waals surface area contributed by atoms with Crippen molar-refractivity contribution in [2.24, 2.45) is 0 Å². The fraction of sp³-hybridized carbons (Fsp3) is 0.273. The molecule has 3 amide bonds. The Morgan fingerprint density at radius 1 is 1.10 bits per heavy atom. The first-order valence-corrected chi connectivity index (χ1v) is 11.1. The lowest BCUT2D eigenvalue weighted by Gasteiger charge is -2.15. The van der Waals surface area contributed by atoms with Gasteiger partial charge in [-0.25, -0.2) is 4.98 Å². The van der Waals surface area contributed by atoms with Crippen LogP contribution < -0.4 is 10.9 Å². The number of para-hydroxylation sites is 2. The molecule has 2 aromatic carbocycles. The summed E-state index contributed by atoms with van der Waals surface area (Å²) in [5.41, 5.74) is 8.27. The molecule has 0 atom stereocenters. The van der Waals surface area contributed by atoms with Crippen molar-refractivity contribution in [2.45, 2.75) is 30.2 Å². The fourth-order valence-electron chi connectivity index (χ4n) is 3.34. The minimum Gasteiger partial charge on any atom is -0.342 e. The van der Waals surface area contributed by atoms with Crippen molar-refractivity contribution in [3.8, 4) is 0 Å². The number of carbonyl (C=O) groups is 3. The van der Waals surface area contributed by atoms with Crippen LogP contribution in [-0.2, 0) is 15.3 Å². The van der Waals surface area contributed by atoms with Gasteiger partial charge in [0.1, 0.15) is 0 Å². The number of fused-ring (bicyclic) bond motifs is 1. The number of rotatable bonds is 7. The number of benzene rings is 2. The van der Waals surface area contributed by atoms with Crippen LogP contribution in [-0.4, -0.2) is 45.7 Å². The monoisotopic (exact) mass is 437 g/mol. The molecule has 0 spiro atoms. The molecule has 1 aliphatic heterocycles. The maximum atomic E-state index is 12.2. The summed E-state index contributed by atoms with van der Waals surface area (Å²) in [5, 5.41) is 0.848. The van der Waals surface area contributed by atoms with E-state index in [1.165, 1.54) is 0 Å². The van der Waals surface area contributed by atoms with Crippen molar-refractivity contribution >= 4 is 40.5 Å². The van der Waals surface area contributed by atoms with E-state index in [-0.39, 0.29) is 24.1 Å². The summed E-state index contributed by atoms with van der Waals surface area (Å²) in [6.07, 6.45) is 1.54. The normalized spacial score (nSPS) is 13.5. The van der Waals surface area contributed by atoms with E-state index in [1.807, 2.05) is 36.4 Å². The number of nitrogens with zero attached hydrogens (tertiary/aromatic N) is 2. The van der Waals surface area contributed by atoms with Crippen molar-refractivity contribution in [1.29, 1.82) is 0 Å². The maximum Gasteiger partial charge on any atom is 0.269 e. The van der Waals surface area contributed by atoms with Gasteiger partial charge in [0.2, 0.25) is 11.8 Å². The summed E-state index contributed by atoms with van der Waals surface area (Å²) in [5.74, 6) is 0.0811. The van der Waals surface area contributed by atoms with E-state index in [1.54, 1.807) is 28.8 Å². The van der Waals surface area contributed by atoms with E-state index in [4.69, 9.17) is 0 Å². The predicted molar refractivity (Wildman–Crippen MR) is 118 cm³/mol. The van der Waals surface area contributed by atoms with E-state index in [9.17, 15) is 14.4 Å². The molecular formula is C22H23N5O3S. The third-order valence-electron chi connectivity index (χ3n) is 5.05. The van der Waals surface area contributed by atoms with Crippen LogP contribution in [0.5, 0.6) is 0 Å². The van der Waals surface area contributed by atoms with Crippen molar-refractivity contribution in [2.75, 3.05) is 13.1 Å². The summed E-state index contributed by atoms with van der Waals surface area (Å²) < 4.78 is 0. The van der Waals surface area contributed by atoms with E-state index in [0.717, 1.165) is 28.2 Å². The smallest absolute Gasteiger partial charge is 0.269 e. The van der Waals surface area contributed by atoms with Crippen molar-refractivity contribution in [3.63, 3.8) is 0 Å². The number of hydrazine groups is 1. The molecule has 0 aliphatic carbocycles. The number of hydrogen-bond donors (Lipinski definition) is 3. The molecule has 31 heavy (non-hydrogen) atoms. The molecule has 4 rings (SSSR count).